The zero-order valence-corrected chi connectivity index (χ0v) is 15.3. The molecular formula is C19H22FNOS2. The molecule has 0 saturated heterocycles. The molecule has 2 aromatic carbocycles. The van der Waals surface area contributed by atoms with Gasteiger partial charge in [0.15, 0.2) is 0 Å². The summed E-state index contributed by atoms with van der Waals surface area (Å²) >= 11 is 3.25. The summed E-state index contributed by atoms with van der Waals surface area (Å²) in [6.45, 7) is 2.53. The number of halogens is 1. The number of hydrogen-bond donors (Lipinski definition) is 1. The van der Waals surface area contributed by atoms with Crippen molar-refractivity contribution in [2.45, 2.75) is 23.7 Å². The van der Waals surface area contributed by atoms with Crippen molar-refractivity contribution >= 4 is 29.4 Å². The molecule has 1 unspecified atom stereocenters. The topological polar surface area (TPSA) is 29.1 Å². The minimum Gasteiger partial charge on any atom is -0.354 e. The van der Waals surface area contributed by atoms with Gasteiger partial charge in [0, 0.05) is 23.8 Å². The number of nitrogens with one attached hydrogen (secondary N) is 1. The number of hydrogen-bond acceptors (Lipinski definition) is 3. The average molecular weight is 364 g/mol. The second-order valence-electron chi connectivity index (χ2n) is 5.37. The maximum absolute atomic E-state index is 13.5. The van der Waals surface area contributed by atoms with Gasteiger partial charge < -0.3 is 5.32 Å². The lowest BCUT2D eigenvalue weighted by Crippen LogP contribution is -2.32. The van der Waals surface area contributed by atoms with E-state index in [0.717, 1.165) is 11.5 Å². The molecule has 0 fully saturated rings. The Morgan fingerprint density at radius 1 is 1.08 bits per heavy atom. The molecule has 1 amide bonds. The molecule has 2 aromatic rings. The van der Waals surface area contributed by atoms with Gasteiger partial charge in [-0.05, 0) is 24.1 Å². The Morgan fingerprint density at radius 3 is 2.54 bits per heavy atom. The molecule has 0 radical (unpaired) electrons. The van der Waals surface area contributed by atoms with Gasteiger partial charge in [-0.25, -0.2) is 4.39 Å². The molecule has 0 bridgehead atoms. The van der Waals surface area contributed by atoms with Gasteiger partial charge in [-0.1, -0.05) is 48.5 Å². The number of carbonyl (C=O) groups excluding carboxylic acids is 1. The molecular weight excluding hydrogens is 341 g/mol. The number of thioether (sulfide) groups is 2. The number of amides is 1. The first-order valence-corrected chi connectivity index (χ1v) is 10.1. The lowest BCUT2D eigenvalue weighted by molar-refractivity contribution is -0.120. The monoisotopic (exact) mass is 363 g/mol. The van der Waals surface area contributed by atoms with E-state index >= 15 is 0 Å². The molecule has 24 heavy (non-hydrogen) atoms. The van der Waals surface area contributed by atoms with E-state index in [0.29, 0.717) is 17.9 Å². The van der Waals surface area contributed by atoms with Gasteiger partial charge in [0.1, 0.15) is 5.82 Å². The fourth-order valence-corrected chi connectivity index (χ4v) is 3.77. The highest BCUT2D eigenvalue weighted by Crippen LogP contribution is 2.18. The van der Waals surface area contributed by atoms with E-state index in [1.54, 1.807) is 35.7 Å². The second-order valence-corrected chi connectivity index (χ2v) is 7.81. The third kappa shape index (κ3) is 6.57. The Hall–Kier alpha value is -1.46. The van der Waals surface area contributed by atoms with Gasteiger partial charge in [0.25, 0.3) is 0 Å². The smallest absolute Gasteiger partial charge is 0.232 e. The van der Waals surface area contributed by atoms with E-state index in [1.165, 1.54) is 11.6 Å². The van der Waals surface area contributed by atoms with Crippen LogP contribution in [0.1, 0.15) is 18.1 Å². The van der Waals surface area contributed by atoms with E-state index in [-0.39, 0.29) is 17.0 Å². The van der Waals surface area contributed by atoms with Gasteiger partial charge in [-0.15, -0.1) is 11.8 Å². The Morgan fingerprint density at radius 2 is 1.79 bits per heavy atom. The molecule has 128 valence electrons. The van der Waals surface area contributed by atoms with Crippen molar-refractivity contribution in [2.24, 2.45) is 0 Å². The van der Waals surface area contributed by atoms with Gasteiger partial charge >= 0.3 is 0 Å². The largest absolute Gasteiger partial charge is 0.354 e. The molecule has 0 aromatic heterocycles. The Balaban J connectivity index is 1.59. The first-order valence-electron chi connectivity index (χ1n) is 7.91. The van der Waals surface area contributed by atoms with Crippen LogP contribution in [0.5, 0.6) is 0 Å². The molecule has 5 heteroatoms. The SMILES string of the molecule is CC(SCc1ccccc1)C(=O)NCCSCc1ccccc1F. The molecule has 2 nitrogen and oxygen atoms in total. The maximum Gasteiger partial charge on any atom is 0.232 e. The average Bonchev–Trinajstić information content (AvgIpc) is 2.61. The van der Waals surface area contributed by atoms with Crippen LogP contribution < -0.4 is 5.32 Å². The predicted molar refractivity (Wildman–Crippen MR) is 103 cm³/mol. The van der Waals surface area contributed by atoms with Crippen molar-refractivity contribution in [2.75, 3.05) is 12.3 Å². The molecule has 0 heterocycles. The first-order chi connectivity index (χ1) is 11.7. The standard InChI is InChI=1S/C19H22FNOS2/c1-15(24-13-16-7-3-2-4-8-16)19(22)21-11-12-23-14-17-9-5-6-10-18(17)20/h2-10,15H,11-14H2,1H3,(H,21,22). The number of carbonyl (C=O) groups is 1. The van der Waals surface area contributed by atoms with Crippen LogP contribution in [0, 0.1) is 5.82 Å². The first kappa shape index (κ1) is 18.9. The molecule has 1 N–H and O–H groups in total. The zero-order chi connectivity index (χ0) is 17.2. The molecule has 0 saturated carbocycles. The van der Waals surface area contributed by atoms with E-state index in [9.17, 15) is 9.18 Å². The van der Waals surface area contributed by atoms with Crippen molar-refractivity contribution in [1.29, 1.82) is 0 Å². The fourth-order valence-electron chi connectivity index (χ4n) is 2.06. The normalized spacial score (nSPS) is 11.9. The van der Waals surface area contributed by atoms with Gasteiger partial charge in [0.2, 0.25) is 5.91 Å². The van der Waals surface area contributed by atoms with Crippen LogP contribution >= 0.6 is 23.5 Å². The summed E-state index contributed by atoms with van der Waals surface area (Å²) in [6, 6.07) is 16.9. The highest BCUT2D eigenvalue weighted by molar-refractivity contribution is 7.99. The Labute approximate surface area is 151 Å². The van der Waals surface area contributed by atoms with Crippen molar-refractivity contribution in [3.05, 3.63) is 71.5 Å². The summed E-state index contributed by atoms with van der Waals surface area (Å²) in [5, 5.41) is 2.86. The van der Waals surface area contributed by atoms with E-state index in [1.807, 2.05) is 31.2 Å². The minimum atomic E-state index is -0.167. The molecule has 0 spiro atoms. The van der Waals surface area contributed by atoms with Crippen LogP contribution in [-0.2, 0) is 16.3 Å². The predicted octanol–water partition coefficient (Wildman–Crippen LogP) is 4.50. The van der Waals surface area contributed by atoms with Crippen LogP contribution in [0.25, 0.3) is 0 Å². The molecule has 2 rings (SSSR count). The maximum atomic E-state index is 13.5. The molecule has 1 atom stereocenters. The van der Waals surface area contributed by atoms with E-state index in [2.05, 4.69) is 17.4 Å². The van der Waals surface area contributed by atoms with Crippen LogP contribution in [-0.4, -0.2) is 23.5 Å². The van der Waals surface area contributed by atoms with Crippen LogP contribution in [0.15, 0.2) is 54.6 Å². The number of rotatable bonds is 9. The van der Waals surface area contributed by atoms with Crippen molar-refractivity contribution in [3.63, 3.8) is 0 Å². The Kier molecular flexibility index (Phi) is 8.19. The van der Waals surface area contributed by atoms with Crippen LogP contribution in [0.2, 0.25) is 0 Å². The van der Waals surface area contributed by atoms with Gasteiger partial charge in [0.05, 0.1) is 5.25 Å². The minimum absolute atomic E-state index is 0.0578. The molecule has 0 aliphatic rings. The van der Waals surface area contributed by atoms with E-state index in [4.69, 9.17) is 0 Å². The summed E-state index contributed by atoms with van der Waals surface area (Å²) in [5.41, 5.74) is 1.93. The fraction of sp³-hybridized carbons (Fsp3) is 0.316. The molecule has 0 aliphatic heterocycles. The summed E-state index contributed by atoms with van der Waals surface area (Å²) in [6.07, 6.45) is 0. The van der Waals surface area contributed by atoms with Gasteiger partial charge in [-0.3, -0.25) is 4.79 Å². The lowest BCUT2D eigenvalue weighted by Gasteiger charge is -2.12. The van der Waals surface area contributed by atoms with Crippen molar-refractivity contribution in [3.8, 4) is 0 Å². The molecule has 0 aliphatic carbocycles. The lowest BCUT2D eigenvalue weighted by atomic mass is 10.2. The van der Waals surface area contributed by atoms with Crippen molar-refractivity contribution in [1.82, 2.24) is 5.32 Å². The van der Waals surface area contributed by atoms with Crippen LogP contribution in [0.4, 0.5) is 4.39 Å². The van der Waals surface area contributed by atoms with Crippen LogP contribution in [0.3, 0.4) is 0 Å². The summed E-state index contributed by atoms with van der Waals surface area (Å²) < 4.78 is 13.5. The highest BCUT2D eigenvalue weighted by atomic mass is 32.2. The highest BCUT2D eigenvalue weighted by Gasteiger charge is 2.12. The summed E-state index contributed by atoms with van der Waals surface area (Å²) in [4.78, 5) is 12.1. The quantitative estimate of drug-likeness (QED) is 0.665. The van der Waals surface area contributed by atoms with Crippen molar-refractivity contribution < 1.29 is 9.18 Å². The third-order valence-corrected chi connectivity index (χ3v) is 5.70. The Bertz CT molecular complexity index is 636. The second kappa shape index (κ2) is 10.4. The third-order valence-electron chi connectivity index (χ3n) is 3.47. The number of benzene rings is 2. The van der Waals surface area contributed by atoms with E-state index < -0.39 is 0 Å². The summed E-state index contributed by atoms with van der Waals surface area (Å²) in [7, 11) is 0. The van der Waals surface area contributed by atoms with Gasteiger partial charge in [-0.2, -0.15) is 11.8 Å². The summed E-state index contributed by atoms with van der Waals surface area (Å²) in [5.74, 6) is 2.12. The zero-order valence-electron chi connectivity index (χ0n) is 13.7.